The van der Waals surface area contributed by atoms with Crippen LogP contribution in [0.25, 0.3) is 0 Å². The Kier molecular flexibility index (Phi) is 8.67. The average Bonchev–Trinajstić information content (AvgIpc) is 3.25. The van der Waals surface area contributed by atoms with Gasteiger partial charge in [0.15, 0.2) is 0 Å². The molecule has 5 rings (SSSR count). The van der Waals surface area contributed by atoms with Gasteiger partial charge in [0, 0.05) is 60.5 Å². The number of aryl methyl sites for hydroxylation is 2. The van der Waals surface area contributed by atoms with Crippen LogP contribution in [0.2, 0.25) is 0 Å². The molecule has 1 aromatic carbocycles. The second-order valence-corrected chi connectivity index (χ2v) is 11.8. The fourth-order valence-electron chi connectivity index (χ4n) is 6.16. The van der Waals surface area contributed by atoms with E-state index < -0.39 is 5.97 Å². The maximum atomic E-state index is 11.9. The summed E-state index contributed by atoms with van der Waals surface area (Å²) in [4.78, 5) is 21.6. The van der Waals surface area contributed by atoms with Crippen LogP contribution in [-0.2, 0) is 22.4 Å². The maximum absolute atomic E-state index is 11.9. The van der Waals surface area contributed by atoms with E-state index in [-0.39, 0.29) is 12.3 Å². The number of rotatable bonds is 9. The molecule has 37 heavy (non-hydrogen) atoms. The molecular weight excluding hydrogens is 532 g/mol. The molecule has 0 spiro atoms. The lowest BCUT2D eigenvalue weighted by atomic mass is 9.94. The number of morpholine rings is 1. The van der Waals surface area contributed by atoms with Crippen molar-refractivity contribution in [2.75, 3.05) is 56.2 Å². The molecule has 2 N–H and O–H groups in total. The van der Waals surface area contributed by atoms with Crippen LogP contribution in [0.4, 0.5) is 11.5 Å². The molecule has 0 saturated carbocycles. The van der Waals surface area contributed by atoms with Gasteiger partial charge in [-0.05, 0) is 80.3 Å². The number of carbonyl (C=O) groups is 1. The summed E-state index contributed by atoms with van der Waals surface area (Å²) in [5.41, 5.74) is 4.75. The summed E-state index contributed by atoms with van der Waals surface area (Å²) in [5.74, 6) is 0.891. The average molecular weight is 572 g/mol. The highest BCUT2D eigenvalue weighted by Crippen LogP contribution is 2.34. The molecule has 8 heteroatoms. The standard InChI is InChI=1S/C29H39BrN4O3/c1-20-13-21(4-6-26-7-5-22-3-2-8-31-29(22)32-26)18-34(20)19-24(16-28(35)36)23-14-25(30)17-27(15-23)33-9-11-37-12-10-33/h5,7,14-15,17,20-21,24H,2-4,6,8-13,16,18-19H2,1H3,(H,31,32)(H,35,36). The maximum Gasteiger partial charge on any atom is 0.304 e. The molecule has 1 aromatic heterocycles. The van der Waals surface area contributed by atoms with Crippen LogP contribution in [0.15, 0.2) is 34.8 Å². The Balaban J connectivity index is 1.23. The minimum atomic E-state index is -0.742. The topological polar surface area (TPSA) is 77.9 Å². The number of hydrogen-bond acceptors (Lipinski definition) is 6. The minimum absolute atomic E-state index is 0.0515. The number of anilines is 2. The van der Waals surface area contributed by atoms with Gasteiger partial charge >= 0.3 is 5.97 Å². The van der Waals surface area contributed by atoms with Gasteiger partial charge in [-0.2, -0.15) is 0 Å². The van der Waals surface area contributed by atoms with E-state index in [0.29, 0.717) is 12.0 Å². The SMILES string of the molecule is CC1CC(CCc2ccc3c(n2)NCCC3)CN1CC(CC(=O)O)c1cc(Br)cc(N2CCOCC2)c1. The van der Waals surface area contributed by atoms with Gasteiger partial charge in [-0.3, -0.25) is 9.69 Å². The van der Waals surface area contributed by atoms with Crippen molar-refractivity contribution in [3.05, 3.63) is 51.6 Å². The second kappa shape index (κ2) is 12.1. The molecule has 4 heterocycles. The number of fused-ring (bicyclic) bond motifs is 1. The number of carboxylic acid groups (broad SMARTS) is 1. The predicted octanol–water partition coefficient (Wildman–Crippen LogP) is 4.94. The molecule has 0 amide bonds. The summed E-state index contributed by atoms with van der Waals surface area (Å²) in [6.07, 6.45) is 5.70. The van der Waals surface area contributed by atoms with Crippen molar-refractivity contribution in [3.8, 4) is 0 Å². The quantitative estimate of drug-likeness (QED) is 0.442. The van der Waals surface area contributed by atoms with Crippen LogP contribution in [0, 0.1) is 5.92 Å². The normalized spacial score (nSPS) is 22.9. The molecule has 3 unspecified atom stereocenters. The first-order valence-electron chi connectivity index (χ1n) is 13.8. The Hall–Kier alpha value is -2.16. The molecule has 2 aromatic rings. The Morgan fingerprint density at radius 2 is 2.11 bits per heavy atom. The Labute approximate surface area is 228 Å². The van der Waals surface area contributed by atoms with Crippen molar-refractivity contribution < 1.29 is 14.6 Å². The molecule has 200 valence electrons. The number of ether oxygens (including phenoxy) is 1. The van der Waals surface area contributed by atoms with Crippen molar-refractivity contribution in [1.82, 2.24) is 9.88 Å². The third-order valence-corrected chi connectivity index (χ3v) is 8.64. The summed E-state index contributed by atoms with van der Waals surface area (Å²) < 4.78 is 6.52. The molecule has 3 aliphatic rings. The number of carboxylic acids is 1. The lowest BCUT2D eigenvalue weighted by Gasteiger charge is -2.31. The largest absolute Gasteiger partial charge is 0.481 e. The highest BCUT2D eigenvalue weighted by Gasteiger charge is 2.32. The van der Waals surface area contributed by atoms with E-state index in [1.807, 2.05) is 0 Å². The monoisotopic (exact) mass is 570 g/mol. The molecule has 3 atom stereocenters. The third-order valence-electron chi connectivity index (χ3n) is 8.18. The lowest BCUT2D eigenvalue weighted by Crippen LogP contribution is -2.36. The number of aromatic nitrogens is 1. The third kappa shape index (κ3) is 6.84. The van der Waals surface area contributed by atoms with Crippen molar-refractivity contribution >= 4 is 33.4 Å². The number of likely N-dealkylation sites (tertiary alicyclic amines) is 1. The van der Waals surface area contributed by atoms with Gasteiger partial charge in [-0.15, -0.1) is 0 Å². The first-order valence-corrected chi connectivity index (χ1v) is 14.6. The first kappa shape index (κ1) is 26.4. The smallest absolute Gasteiger partial charge is 0.304 e. The number of aliphatic carboxylic acids is 1. The van der Waals surface area contributed by atoms with Crippen LogP contribution < -0.4 is 10.2 Å². The molecule has 2 fully saturated rings. The fraction of sp³-hybridized carbons (Fsp3) is 0.586. The Bertz CT molecular complexity index is 1090. The molecule has 3 aliphatic heterocycles. The van der Waals surface area contributed by atoms with Crippen molar-refractivity contribution in [3.63, 3.8) is 0 Å². The summed E-state index contributed by atoms with van der Waals surface area (Å²) in [6, 6.07) is 11.3. The highest BCUT2D eigenvalue weighted by atomic mass is 79.9. The van der Waals surface area contributed by atoms with Crippen LogP contribution in [0.1, 0.15) is 55.3 Å². The number of nitrogens with zero attached hydrogens (tertiary/aromatic N) is 3. The van der Waals surface area contributed by atoms with Gasteiger partial charge < -0.3 is 20.1 Å². The number of nitrogens with one attached hydrogen (secondary N) is 1. The van der Waals surface area contributed by atoms with Gasteiger partial charge in [0.25, 0.3) is 0 Å². The Morgan fingerprint density at radius 3 is 2.92 bits per heavy atom. The zero-order valence-electron chi connectivity index (χ0n) is 21.8. The molecule has 0 aliphatic carbocycles. The van der Waals surface area contributed by atoms with Crippen LogP contribution >= 0.6 is 15.9 Å². The van der Waals surface area contributed by atoms with Gasteiger partial charge in [0.2, 0.25) is 0 Å². The van der Waals surface area contributed by atoms with Crippen LogP contribution in [0.5, 0.6) is 0 Å². The van der Waals surface area contributed by atoms with Crippen molar-refractivity contribution in [2.24, 2.45) is 5.92 Å². The highest BCUT2D eigenvalue weighted by molar-refractivity contribution is 9.10. The zero-order chi connectivity index (χ0) is 25.8. The van der Waals surface area contributed by atoms with E-state index in [2.05, 4.69) is 68.3 Å². The van der Waals surface area contributed by atoms with Crippen molar-refractivity contribution in [1.29, 1.82) is 0 Å². The Morgan fingerprint density at radius 1 is 1.27 bits per heavy atom. The molecule has 0 radical (unpaired) electrons. The van der Waals surface area contributed by atoms with E-state index in [1.165, 1.54) is 17.7 Å². The number of benzene rings is 1. The zero-order valence-corrected chi connectivity index (χ0v) is 23.4. The van der Waals surface area contributed by atoms with Gasteiger partial charge in [-0.25, -0.2) is 4.98 Å². The molecular formula is C29H39BrN4O3. The number of pyridine rings is 1. The predicted molar refractivity (Wildman–Crippen MR) is 151 cm³/mol. The van der Waals surface area contributed by atoms with Gasteiger partial charge in [-0.1, -0.05) is 22.0 Å². The van der Waals surface area contributed by atoms with E-state index in [1.54, 1.807) is 0 Å². The van der Waals surface area contributed by atoms with Crippen LogP contribution in [-0.4, -0.2) is 72.9 Å². The molecule has 2 saturated heterocycles. The van der Waals surface area contributed by atoms with Gasteiger partial charge in [0.05, 0.1) is 19.6 Å². The number of halogens is 1. The minimum Gasteiger partial charge on any atom is -0.481 e. The van der Waals surface area contributed by atoms with E-state index in [0.717, 1.165) is 93.2 Å². The summed E-state index contributed by atoms with van der Waals surface area (Å²) in [5, 5.41) is 13.2. The lowest BCUT2D eigenvalue weighted by molar-refractivity contribution is -0.137. The molecule has 7 nitrogen and oxygen atoms in total. The summed E-state index contributed by atoms with van der Waals surface area (Å²) >= 11 is 3.68. The van der Waals surface area contributed by atoms with Crippen molar-refractivity contribution in [2.45, 2.75) is 57.4 Å². The van der Waals surface area contributed by atoms with E-state index >= 15 is 0 Å². The van der Waals surface area contributed by atoms with Gasteiger partial charge in [0.1, 0.15) is 5.82 Å². The van der Waals surface area contributed by atoms with E-state index in [9.17, 15) is 9.90 Å². The molecule has 0 bridgehead atoms. The first-order chi connectivity index (χ1) is 17.9. The second-order valence-electron chi connectivity index (χ2n) is 10.9. The summed E-state index contributed by atoms with van der Waals surface area (Å²) in [7, 11) is 0. The fourth-order valence-corrected chi connectivity index (χ4v) is 6.66. The van der Waals surface area contributed by atoms with Crippen LogP contribution in [0.3, 0.4) is 0 Å². The van der Waals surface area contributed by atoms with E-state index in [4.69, 9.17) is 9.72 Å². The number of hydrogen-bond donors (Lipinski definition) is 2. The summed E-state index contributed by atoms with van der Waals surface area (Å²) in [6.45, 7) is 8.27.